The lowest BCUT2D eigenvalue weighted by Gasteiger charge is -2.10. The smallest absolute Gasteiger partial charge is 0.0333 e. The number of halogens is 1. The Kier molecular flexibility index (Phi) is 11.7. The van der Waals surface area contributed by atoms with E-state index in [1.165, 1.54) is 12.8 Å². The van der Waals surface area contributed by atoms with Gasteiger partial charge in [0.05, 0.1) is 0 Å². The largest absolute Gasteiger partial charge is 0.760 e. The molecule has 0 heterocycles. The molecule has 0 saturated carbocycles. The highest BCUT2D eigenvalue weighted by molar-refractivity contribution is 7.76. The molecule has 0 fully saturated rings. The lowest BCUT2D eigenvalue weighted by Crippen LogP contribution is -2.05. The van der Waals surface area contributed by atoms with Gasteiger partial charge in [-0.05, 0) is 19.3 Å². The third-order valence-electron chi connectivity index (χ3n) is 1.53. The average Bonchev–Trinajstić information content (AvgIpc) is 1.86. The van der Waals surface area contributed by atoms with E-state index in [1.807, 2.05) is 0 Å². The van der Waals surface area contributed by atoms with Crippen LogP contribution in [0.25, 0.3) is 0 Å². The standard InChI is InChI=1S/C7H15Cl.H3NO2S/c1-4-5-6(2)7(3)8;1-4(2)3/h6-7H,4-5H2,1-3H3;1H2,(H,2,3)/p-1. The predicted molar refractivity (Wildman–Crippen MR) is 52.5 cm³/mol. The topological polar surface area (TPSA) is 66.2 Å². The minimum atomic E-state index is -2.36. The Balaban J connectivity index is 0. The first kappa shape index (κ1) is 14.9. The molecular formula is C7H17ClNO2S-. The molecular weight excluding hydrogens is 198 g/mol. The van der Waals surface area contributed by atoms with E-state index in [4.69, 9.17) is 20.4 Å². The van der Waals surface area contributed by atoms with Gasteiger partial charge in [-0.15, -0.1) is 11.6 Å². The number of alkyl halides is 1. The second-order valence-corrected chi connectivity index (χ2v) is 3.91. The zero-order valence-electron chi connectivity index (χ0n) is 7.75. The van der Waals surface area contributed by atoms with Gasteiger partial charge in [-0.2, -0.15) is 0 Å². The summed E-state index contributed by atoms with van der Waals surface area (Å²) in [5.74, 6) is 0.682. The lowest BCUT2D eigenvalue weighted by atomic mass is 10.0. The first-order valence-electron chi connectivity index (χ1n) is 3.89. The normalized spacial score (nSPS) is 17.2. The molecule has 12 heavy (non-hydrogen) atoms. The van der Waals surface area contributed by atoms with Crippen LogP contribution >= 0.6 is 11.6 Å². The van der Waals surface area contributed by atoms with Crippen molar-refractivity contribution < 1.29 is 8.76 Å². The van der Waals surface area contributed by atoms with Gasteiger partial charge >= 0.3 is 0 Å². The SMILES string of the molecule is CCCC(C)C(C)Cl.NS(=O)[O-]. The zero-order chi connectivity index (χ0) is 10.1. The van der Waals surface area contributed by atoms with Crippen LogP contribution in [-0.2, 0) is 11.3 Å². The van der Waals surface area contributed by atoms with Crippen molar-refractivity contribution in [3.05, 3.63) is 0 Å². The van der Waals surface area contributed by atoms with Gasteiger partial charge in [0, 0.05) is 16.6 Å². The minimum absolute atomic E-state index is 0.343. The third-order valence-corrected chi connectivity index (χ3v) is 1.96. The highest BCUT2D eigenvalue weighted by Crippen LogP contribution is 2.14. The molecule has 0 aliphatic heterocycles. The quantitative estimate of drug-likeness (QED) is 0.575. The molecule has 3 unspecified atom stereocenters. The highest BCUT2D eigenvalue weighted by Gasteiger charge is 2.05. The summed E-state index contributed by atoms with van der Waals surface area (Å²) in [5, 5.41) is 4.37. The van der Waals surface area contributed by atoms with Crippen LogP contribution in [0.3, 0.4) is 0 Å². The molecule has 0 aromatic heterocycles. The molecule has 3 nitrogen and oxygen atoms in total. The Morgan fingerprint density at radius 3 is 2.00 bits per heavy atom. The zero-order valence-corrected chi connectivity index (χ0v) is 9.32. The number of rotatable bonds is 3. The maximum absolute atomic E-state index is 8.78. The van der Waals surface area contributed by atoms with E-state index in [1.54, 1.807) is 0 Å². The summed E-state index contributed by atoms with van der Waals surface area (Å²) in [4.78, 5) is 0. The van der Waals surface area contributed by atoms with Crippen molar-refractivity contribution in [3.63, 3.8) is 0 Å². The molecule has 0 aromatic carbocycles. The fourth-order valence-corrected chi connectivity index (χ4v) is 0.811. The van der Waals surface area contributed by atoms with Gasteiger partial charge in [-0.25, -0.2) is 0 Å². The highest BCUT2D eigenvalue weighted by atomic mass is 35.5. The Labute approximate surface area is 82.1 Å². The number of nitrogens with two attached hydrogens (primary N) is 1. The minimum Gasteiger partial charge on any atom is -0.760 e. The fourth-order valence-electron chi connectivity index (χ4n) is 0.685. The summed E-state index contributed by atoms with van der Waals surface area (Å²) in [5.41, 5.74) is 0. The summed E-state index contributed by atoms with van der Waals surface area (Å²) < 4.78 is 17.6. The van der Waals surface area contributed by atoms with Crippen LogP contribution in [0.4, 0.5) is 0 Å². The van der Waals surface area contributed by atoms with Crippen molar-refractivity contribution in [2.24, 2.45) is 11.1 Å². The molecule has 0 bridgehead atoms. The van der Waals surface area contributed by atoms with Crippen LogP contribution in [0.1, 0.15) is 33.6 Å². The first-order valence-corrected chi connectivity index (χ1v) is 5.47. The summed E-state index contributed by atoms with van der Waals surface area (Å²) in [6.07, 6.45) is 2.50. The van der Waals surface area contributed by atoms with E-state index >= 15 is 0 Å². The molecule has 0 radical (unpaired) electrons. The summed E-state index contributed by atoms with van der Waals surface area (Å²) in [6.45, 7) is 6.44. The molecule has 0 rings (SSSR count). The number of hydrogen-bond acceptors (Lipinski definition) is 2. The van der Waals surface area contributed by atoms with Gasteiger partial charge in [0.15, 0.2) is 0 Å². The second kappa shape index (κ2) is 9.45. The van der Waals surface area contributed by atoms with E-state index in [0.29, 0.717) is 11.3 Å². The van der Waals surface area contributed by atoms with E-state index in [-0.39, 0.29) is 0 Å². The summed E-state index contributed by atoms with van der Waals surface area (Å²) in [6, 6.07) is 0. The van der Waals surface area contributed by atoms with Crippen LogP contribution in [-0.4, -0.2) is 14.1 Å². The molecule has 0 amide bonds. The van der Waals surface area contributed by atoms with Crippen LogP contribution in [0.15, 0.2) is 0 Å². The summed E-state index contributed by atoms with van der Waals surface area (Å²) in [7, 11) is 0. The molecule has 2 N–H and O–H groups in total. The average molecular weight is 215 g/mol. The van der Waals surface area contributed by atoms with Crippen LogP contribution < -0.4 is 5.14 Å². The molecule has 0 aliphatic carbocycles. The lowest BCUT2D eigenvalue weighted by molar-refractivity contribution is 0.516. The van der Waals surface area contributed by atoms with Gasteiger partial charge in [-0.1, -0.05) is 20.3 Å². The number of hydrogen-bond donors (Lipinski definition) is 1. The van der Waals surface area contributed by atoms with Crippen molar-refractivity contribution in [2.45, 2.75) is 39.0 Å². The molecule has 0 aromatic rings. The maximum atomic E-state index is 8.78. The van der Waals surface area contributed by atoms with Crippen LogP contribution in [0, 0.1) is 5.92 Å². The van der Waals surface area contributed by atoms with E-state index < -0.39 is 11.3 Å². The van der Waals surface area contributed by atoms with Crippen LogP contribution in [0.2, 0.25) is 0 Å². The Bertz CT molecular complexity index is 118. The van der Waals surface area contributed by atoms with Gasteiger partial charge in [0.1, 0.15) is 0 Å². The van der Waals surface area contributed by atoms with E-state index in [2.05, 4.69) is 25.9 Å². The monoisotopic (exact) mass is 214 g/mol. The predicted octanol–water partition coefficient (Wildman–Crippen LogP) is 1.79. The molecule has 0 saturated heterocycles. The maximum Gasteiger partial charge on any atom is 0.0333 e. The fraction of sp³-hybridized carbons (Fsp3) is 1.00. The van der Waals surface area contributed by atoms with E-state index in [0.717, 1.165) is 0 Å². The van der Waals surface area contributed by atoms with Crippen molar-refractivity contribution in [1.29, 1.82) is 0 Å². The van der Waals surface area contributed by atoms with Crippen LogP contribution in [0.5, 0.6) is 0 Å². The molecule has 76 valence electrons. The van der Waals surface area contributed by atoms with Gasteiger partial charge in [0.25, 0.3) is 0 Å². The van der Waals surface area contributed by atoms with Gasteiger partial charge < -0.3 is 4.55 Å². The van der Waals surface area contributed by atoms with Gasteiger partial charge in [-0.3, -0.25) is 9.35 Å². The van der Waals surface area contributed by atoms with Gasteiger partial charge in [0.2, 0.25) is 0 Å². The van der Waals surface area contributed by atoms with Crippen molar-refractivity contribution in [1.82, 2.24) is 0 Å². The Morgan fingerprint density at radius 1 is 1.58 bits per heavy atom. The Morgan fingerprint density at radius 2 is 1.92 bits per heavy atom. The second-order valence-electron chi connectivity index (χ2n) is 2.70. The first-order chi connectivity index (χ1) is 5.41. The Hall–Kier alpha value is 0.360. The molecule has 0 spiro atoms. The summed E-state index contributed by atoms with van der Waals surface area (Å²) >= 11 is 3.45. The van der Waals surface area contributed by atoms with Crippen molar-refractivity contribution in [3.8, 4) is 0 Å². The molecule has 3 atom stereocenters. The van der Waals surface area contributed by atoms with Crippen molar-refractivity contribution >= 4 is 22.9 Å². The molecule has 5 heteroatoms. The van der Waals surface area contributed by atoms with Crippen molar-refractivity contribution in [2.75, 3.05) is 0 Å². The third kappa shape index (κ3) is 16.8. The molecule has 0 aliphatic rings. The van der Waals surface area contributed by atoms with E-state index in [9.17, 15) is 0 Å².